The van der Waals surface area contributed by atoms with Crippen LogP contribution >= 0.6 is 11.8 Å². The fraction of sp³-hybridized carbons (Fsp3) is 0.333. The molecule has 1 aromatic rings. The number of Topliss-reactive ketones (excluding diaryl/α,β-unsaturated/α-hetero) is 1. The molecule has 3 nitrogen and oxygen atoms in total. The van der Waals surface area contributed by atoms with Gasteiger partial charge in [-0.05, 0) is 6.26 Å². The number of amidine groups is 1. The molecule has 0 aromatic heterocycles. The Balaban J connectivity index is 2.01. The second-order valence-corrected chi connectivity index (χ2v) is 4.35. The van der Waals surface area contributed by atoms with Gasteiger partial charge in [-0.25, -0.2) is 0 Å². The van der Waals surface area contributed by atoms with Crippen LogP contribution in [0.5, 0.6) is 0 Å². The van der Waals surface area contributed by atoms with Crippen molar-refractivity contribution in [1.82, 2.24) is 4.90 Å². The number of thioether (sulfide) groups is 1. The molecule has 0 saturated carbocycles. The van der Waals surface area contributed by atoms with Gasteiger partial charge in [0.25, 0.3) is 0 Å². The Morgan fingerprint density at radius 3 is 2.88 bits per heavy atom. The van der Waals surface area contributed by atoms with Crippen LogP contribution in [0, 0.1) is 0 Å². The van der Waals surface area contributed by atoms with Gasteiger partial charge >= 0.3 is 0 Å². The van der Waals surface area contributed by atoms with E-state index in [4.69, 9.17) is 0 Å². The van der Waals surface area contributed by atoms with Gasteiger partial charge in [-0.1, -0.05) is 42.1 Å². The topological polar surface area (TPSA) is 32.7 Å². The summed E-state index contributed by atoms with van der Waals surface area (Å²) in [6.07, 6.45) is 1.99. The number of rotatable bonds is 3. The van der Waals surface area contributed by atoms with E-state index in [1.54, 1.807) is 11.8 Å². The van der Waals surface area contributed by atoms with Gasteiger partial charge in [0.15, 0.2) is 11.0 Å². The molecule has 1 heterocycles. The fourth-order valence-electron chi connectivity index (χ4n) is 1.69. The number of ketones is 1. The van der Waals surface area contributed by atoms with E-state index >= 15 is 0 Å². The molecule has 0 radical (unpaired) electrons. The summed E-state index contributed by atoms with van der Waals surface area (Å²) >= 11 is 1.60. The number of aliphatic imine (C=N–C) groups is 1. The average Bonchev–Trinajstić information content (AvgIpc) is 2.77. The molecule has 0 N–H and O–H groups in total. The maximum Gasteiger partial charge on any atom is 0.182 e. The van der Waals surface area contributed by atoms with Crippen molar-refractivity contribution in [2.24, 2.45) is 4.99 Å². The van der Waals surface area contributed by atoms with Crippen LogP contribution in [0.4, 0.5) is 0 Å². The molecule has 1 aliphatic heterocycles. The Kier molecular flexibility index (Phi) is 3.62. The van der Waals surface area contributed by atoms with Crippen LogP contribution in [-0.4, -0.2) is 41.7 Å². The second kappa shape index (κ2) is 5.16. The number of hydrogen-bond acceptors (Lipinski definition) is 4. The highest BCUT2D eigenvalue weighted by Crippen LogP contribution is 2.12. The van der Waals surface area contributed by atoms with Crippen LogP contribution in [0.1, 0.15) is 10.4 Å². The molecule has 0 bridgehead atoms. The van der Waals surface area contributed by atoms with Gasteiger partial charge in [0.05, 0.1) is 13.1 Å². The predicted octanol–water partition coefficient (Wildman–Crippen LogP) is 1.90. The van der Waals surface area contributed by atoms with E-state index in [1.807, 2.05) is 41.5 Å². The second-order valence-electron chi connectivity index (χ2n) is 3.58. The Morgan fingerprint density at radius 1 is 1.44 bits per heavy atom. The van der Waals surface area contributed by atoms with Gasteiger partial charge < -0.3 is 4.90 Å². The van der Waals surface area contributed by atoms with Crippen molar-refractivity contribution in [2.45, 2.75) is 0 Å². The van der Waals surface area contributed by atoms with Crippen molar-refractivity contribution in [3.8, 4) is 0 Å². The van der Waals surface area contributed by atoms with Gasteiger partial charge in [-0.2, -0.15) is 0 Å². The maximum atomic E-state index is 12.0. The molecule has 0 saturated heterocycles. The highest BCUT2D eigenvalue weighted by Gasteiger charge is 2.19. The minimum Gasteiger partial charge on any atom is -0.342 e. The zero-order valence-electron chi connectivity index (χ0n) is 9.22. The van der Waals surface area contributed by atoms with Crippen LogP contribution < -0.4 is 0 Å². The standard InChI is InChI=1S/C12H14N2OS/c1-16-12-13-7-8-14(12)9-11(15)10-5-3-2-4-6-10/h2-6H,7-9H2,1H3. The Hall–Kier alpha value is -1.29. The first kappa shape index (κ1) is 11.2. The fourth-order valence-corrected chi connectivity index (χ4v) is 2.33. The first-order chi connectivity index (χ1) is 7.81. The molecule has 16 heavy (non-hydrogen) atoms. The van der Waals surface area contributed by atoms with Crippen LogP contribution in [0.25, 0.3) is 0 Å². The van der Waals surface area contributed by atoms with Crippen LogP contribution in [0.15, 0.2) is 35.3 Å². The lowest BCUT2D eigenvalue weighted by Gasteiger charge is -2.17. The van der Waals surface area contributed by atoms with Crippen molar-refractivity contribution < 1.29 is 4.79 Å². The summed E-state index contributed by atoms with van der Waals surface area (Å²) in [4.78, 5) is 18.3. The summed E-state index contributed by atoms with van der Waals surface area (Å²) in [5.41, 5.74) is 0.773. The smallest absolute Gasteiger partial charge is 0.182 e. The third-order valence-electron chi connectivity index (χ3n) is 2.50. The van der Waals surface area contributed by atoms with Crippen molar-refractivity contribution in [3.05, 3.63) is 35.9 Å². The van der Waals surface area contributed by atoms with Crippen LogP contribution in [0.3, 0.4) is 0 Å². The lowest BCUT2D eigenvalue weighted by molar-refractivity contribution is 0.0967. The van der Waals surface area contributed by atoms with E-state index in [-0.39, 0.29) is 5.78 Å². The normalized spacial score (nSPS) is 15.1. The summed E-state index contributed by atoms with van der Waals surface area (Å²) < 4.78 is 0. The van der Waals surface area contributed by atoms with E-state index < -0.39 is 0 Å². The molecule has 0 fully saturated rings. The predicted molar refractivity (Wildman–Crippen MR) is 68.2 cm³/mol. The molecule has 1 aromatic carbocycles. The maximum absolute atomic E-state index is 12.0. The monoisotopic (exact) mass is 234 g/mol. The Morgan fingerprint density at radius 2 is 2.19 bits per heavy atom. The minimum absolute atomic E-state index is 0.157. The SMILES string of the molecule is CSC1=NCCN1CC(=O)c1ccccc1. The number of carbonyl (C=O) groups excluding carboxylic acids is 1. The van der Waals surface area contributed by atoms with E-state index in [9.17, 15) is 4.79 Å². The first-order valence-corrected chi connectivity index (χ1v) is 6.45. The first-order valence-electron chi connectivity index (χ1n) is 5.23. The summed E-state index contributed by atoms with van der Waals surface area (Å²) in [5.74, 6) is 0.157. The van der Waals surface area contributed by atoms with E-state index in [0.29, 0.717) is 6.54 Å². The summed E-state index contributed by atoms with van der Waals surface area (Å²) in [5, 5.41) is 0.976. The van der Waals surface area contributed by atoms with Crippen molar-refractivity contribution in [1.29, 1.82) is 0 Å². The molecular weight excluding hydrogens is 220 g/mol. The Labute approximate surface area is 99.6 Å². The average molecular weight is 234 g/mol. The Bertz CT molecular complexity index is 403. The van der Waals surface area contributed by atoms with Gasteiger partial charge in [0.2, 0.25) is 0 Å². The quantitative estimate of drug-likeness (QED) is 0.749. The van der Waals surface area contributed by atoms with Crippen molar-refractivity contribution in [3.63, 3.8) is 0 Å². The van der Waals surface area contributed by atoms with Gasteiger partial charge in [0, 0.05) is 12.1 Å². The number of nitrogens with zero attached hydrogens (tertiary/aromatic N) is 2. The molecule has 0 amide bonds. The summed E-state index contributed by atoms with van der Waals surface area (Å²) in [6.45, 7) is 2.09. The lowest BCUT2D eigenvalue weighted by atomic mass is 10.1. The molecule has 0 unspecified atom stereocenters. The molecule has 0 spiro atoms. The highest BCUT2D eigenvalue weighted by molar-refractivity contribution is 8.13. The van der Waals surface area contributed by atoms with E-state index in [2.05, 4.69) is 4.99 Å². The number of hydrogen-bond donors (Lipinski definition) is 0. The van der Waals surface area contributed by atoms with Crippen molar-refractivity contribution in [2.75, 3.05) is 25.9 Å². The highest BCUT2D eigenvalue weighted by atomic mass is 32.2. The molecule has 84 valence electrons. The zero-order chi connectivity index (χ0) is 11.4. The number of benzene rings is 1. The van der Waals surface area contributed by atoms with Crippen molar-refractivity contribution >= 4 is 22.7 Å². The van der Waals surface area contributed by atoms with Gasteiger partial charge in [0.1, 0.15) is 0 Å². The lowest BCUT2D eigenvalue weighted by Crippen LogP contribution is -2.31. The van der Waals surface area contributed by atoms with Crippen LogP contribution in [-0.2, 0) is 0 Å². The summed E-state index contributed by atoms with van der Waals surface area (Å²) in [7, 11) is 0. The van der Waals surface area contributed by atoms with E-state index in [1.165, 1.54) is 0 Å². The third-order valence-corrected chi connectivity index (χ3v) is 3.25. The third kappa shape index (κ3) is 2.44. The molecule has 1 aliphatic rings. The molecule has 4 heteroatoms. The number of carbonyl (C=O) groups is 1. The van der Waals surface area contributed by atoms with Gasteiger partial charge in [-0.3, -0.25) is 9.79 Å². The van der Waals surface area contributed by atoms with E-state index in [0.717, 1.165) is 23.8 Å². The van der Waals surface area contributed by atoms with Crippen LogP contribution in [0.2, 0.25) is 0 Å². The zero-order valence-corrected chi connectivity index (χ0v) is 10.0. The molecule has 0 atom stereocenters. The summed E-state index contributed by atoms with van der Waals surface area (Å²) in [6, 6.07) is 9.41. The molecular formula is C12H14N2OS. The largest absolute Gasteiger partial charge is 0.342 e. The molecule has 0 aliphatic carbocycles. The molecule has 2 rings (SSSR count). The minimum atomic E-state index is 0.157. The van der Waals surface area contributed by atoms with Gasteiger partial charge in [-0.15, -0.1) is 0 Å².